The number of hydrogen-bond donors (Lipinski definition) is 0. The molecular weight excluding hydrogens is 244 g/mol. The first-order valence-electron chi connectivity index (χ1n) is 6.08. The topological polar surface area (TPSA) is 59.5 Å². The van der Waals surface area contributed by atoms with Crippen molar-refractivity contribution in [3.8, 4) is 0 Å². The van der Waals surface area contributed by atoms with E-state index in [0.29, 0.717) is 12.0 Å². The van der Waals surface area contributed by atoms with Crippen molar-refractivity contribution in [2.24, 2.45) is 0 Å². The fourth-order valence-corrected chi connectivity index (χ4v) is 1.46. The number of carbonyl (C=O) groups excluding carboxylic acids is 2. The average Bonchev–Trinajstić information content (AvgIpc) is 2.30. The van der Waals surface area contributed by atoms with Crippen LogP contribution >= 0.6 is 0 Å². The number of amides is 1. The molecule has 19 heavy (non-hydrogen) atoms. The lowest BCUT2D eigenvalue weighted by Crippen LogP contribution is -2.37. The molecule has 0 spiro atoms. The summed E-state index contributed by atoms with van der Waals surface area (Å²) in [6, 6.07) is 2.84. The van der Waals surface area contributed by atoms with Gasteiger partial charge in [0.25, 0.3) is 0 Å². The Kier molecular flexibility index (Phi) is 4.64. The summed E-state index contributed by atoms with van der Waals surface area (Å²) in [6.07, 6.45) is 1.79. The quantitative estimate of drug-likeness (QED) is 0.787. The fraction of sp³-hybridized carbons (Fsp3) is 0.500. The summed E-state index contributed by atoms with van der Waals surface area (Å²) < 4.78 is 5.23. The van der Waals surface area contributed by atoms with E-state index in [-0.39, 0.29) is 0 Å². The molecule has 0 aromatic carbocycles. The van der Waals surface area contributed by atoms with Crippen LogP contribution in [0.2, 0.25) is 0 Å². The minimum absolute atomic E-state index is 0.522. The highest BCUT2D eigenvalue weighted by Gasteiger charge is 2.26. The van der Waals surface area contributed by atoms with Crippen molar-refractivity contribution in [2.45, 2.75) is 39.3 Å². The van der Waals surface area contributed by atoms with Crippen molar-refractivity contribution < 1.29 is 14.3 Å². The Morgan fingerprint density at radius 3 is 2.47 bits per heavy atom. The van der Waals surface area contributed by atoms with Crippen LogP contribution in [-0.2, 0) is 9.53 Å². The van der Waals surface area contributed by atoms with Crippen molar-refractivity contribution >= 4 is 12.4 Å². The molecule has 0 saturated carbocycles. The van der Waals surface area contributed by atoms with E-state index in [1.807, 2.05) is 13.0 Å². The number of likely N-dealkylation sites (N-methyl/N-ethyl adjacent to an activating group) is 1. The highest BCUT2D eigenvalue weighted by atomic mass is 16.6. The summed E-state index contributed by atoms with van der Waals surface area (Å²) in [5.74, 6) is 0. The van der Waals surface area contributed by atoms with Gasteiger partial charge in [0, 0.05) is 13.2 Å². The van der Waals surface area contributed by atoms with Gasteiger partial charge in [-0.1, -0.05) is 6.07 Å². The molecule has 1 rings (SSSR count). The van der Waals surface area contributed by atoms with Gasteiger partial charge in [-0.05, 0) is 39.3 Å². The van der Waals surface area contributed by atoms with E-state index in [9.17, 15) is 9.59 Å². The molecule has 0 aliphatic carbocycles. The van der Waals surface area contributed by atoms with Gasteiger partial charge in [0.15, 0.2) is 0 Å². The Balaban J connectivity index is 2.88. The first-order chi connectivity index (χ1) is 8.74. The molecule has 0 N–H and O–H groups in total. The standard InChI is InChI=1S/C14H20N2O3/c1-10-6-7-11(15-8-10)12(9-17)16(5)13(18)19-14(2,3)4/h6-9,12H,1-5H3. The molecule has 0 saturated heterocycles. The lowest BCUT2D eigenvalue weighted by Gasteiger charge is -2.27. The van der Waals surface area contributed by atoms with Crippen LogP contribution in [0.15, 0.2) is 18.3 Å². The minimum atomic E-state index is -0.740. The molecule has 1 aromatic heterocycles. The lowest BCUT2D eigenvalue weighted by atomic mass is 10.1. The second kappa shape index (κ2) is 5.82. The van der Waals surface area contributed by atoms with Crippen LogP contribution in [0.3, 0.4) is 0 Å². The number of ether oxygens (including phenoxy) is 1. The number of aromatic nitrogens is 1. The zero-order valence-corrected chi connectivity index (χ0v) is 12.0. The molecule has 1 aromatic rings. The van der Waals surface area contributed by atoms with Crippen LogP contribution in [0.25, 0.3) is 0 Å². The Labute approximate surface area is 113 Å². The van der Waals surface area contributed by atoms with Crippen LogP contribution in [0, 0.1) is 6.92 Å². The zero-order valence-electron chi connectivity index (χ0n) is 12.0. The minimum Gasteiger partial charge on any atom is -0.444 e. The number of hydrogen-bond acceptors (Lipinski definition) is 4. The number of rotatable bonds is 3. The molecule has 1 atom stereocenters. The van der Waals surface area contributed by atoms with Gasteiger partial charge in [0.1, 0.15) is 17.9 Å². The monoisotopic (exact) mass is 264 g/mol. The molecule has 5 heteroatoms. The van der Waals surface area contributed by atoms with E-state index in [0.717, 1.165) is 5.56 Å². The van der Waals surface area contributed by atoms with Crippen LogP contribution in [-0.4, -0.2) is 34.9 Å². The Morgan fingerprint density at radius 1 is 1.42 bits per heavy atom. The number of nitrogens with zero attached hydrogens (tertiary/aromatic N) is 2. The molecule has 1 amide bonds. The number of carbonyl (C=O) groups is 2. The normalized spacial score (nSPS) is 12.7. The maximum atomic E-state index is 11.9. The van der Waals surface area contributed by atoms with E-state index in [4.69, 9.17) is 4.74 Å². The summed E-state index contributed by atoms with van der Waals surface area (Å²) >= 11 is 0. The molecule has 0 bridgehead atoms. The number of pyridine rings is 1. The maximum absolute atomic E-state index is 11.9. The van der Waals surface area contributed by atoms with Gasteiger partial charge >= 0.3 is 6.09 Å². The fourth-order valence-electron chi connectivity index (χ4n) is 1.46. The molecule has 104 valence electrons. The average molecular weight is 264 g/mol. The largest absolute Gasteiger partial charge is 0.444 e. The predicted octanol–water partition coefficient (Wildman–Crippen LogP) is 2.50. The summed E-state index contributed by atoms with van der Waals surface area (Å²) in [5, 5.41) is 0. The van der Waals surface area contributed by atoms with Crippen LogP contribution in [0.5, 0.6) is 0 Å². The van der Waals surface area contributed by atoms with Crippen molar-refractivity contribution in [1.82, 2.24) is 9.88 Å². The Hall–Kier alpha value is -1.91. The van der Waals surface area contributed by atoms with Crippen molar-refractivity contribution in [3.05, 3.63) is 29.6 Å². The number of aryl methyl sites for hydroxylation is 1. The zero-order chi connectivity index (χ0) is 14.6. The van der Waals surface area contributed by atoms with Crippen molar-refractivity contribution in [1.29, 1.82) is 0 Å². The van der Waals surface area contributed by atoms with Crippen molar-refractivity contribution in [3.63, 3.8) is 0 Å². The summed E-state index contributed by atoms with van der Waals surface area (Å²) in [4.78, 5) is 28.5. The maximum Gasteiger partial charge on any atom is 0.410 e. The van der Waals surface area contributed by atoms with Gasteiger partial charge in [-0.3, -0.25) is 9.88 Å². The summed E-state index contributed by atoms with van der Waals surface area (Å²) in [5.41, 5.74) is 0.918. The highest BCUT2D eigenvalue weighted by Crippen LogP contribution is 2.18. The van der Waals surface area contributed by atoms with Gasteiger partial charge in [-0.2, -0.15) is 0 Å². The van der Waals surface area contributed by atoms with E-state index < -0.39 is 17.7 Å². The molecule has 0 radical (unpaired) electrons. The third-order valence-electron chi connectivity index (χ3n) is 2.46. The molecule has 0 aliphatic rings. The van der Waals surface area contributed by atoms with Crippen LogP contribution in [0.1, 0.15) is 38.1 Å². The van der Waals surface area contributed by atoms with Crippen molar-refractivity contribution in [2.75, 3.05) is 7.05 Å². The van der Waals surface area contributed by atoms with Gasteiger partial charge in [0.05, 0.1) is 5.69 Å². The molecule has 1 heterocycles. The molecule has 0 aliphatic heterocycles. The van der Waals surface area contributed by atoms with Crippen LogP contribution < -0.4 is 0 Å². The summed E-state index contributed by atoms with van der Waals surface area (Å²) in [6.45, 7) is 7.24. The van der Waals surface area contributed by atoms with E-state index in [1.165, 1.54) is 11.9 Å². The van der Waals surface area contributed by atoms with E-state index >= 15 is 0 Å². The SMILES string of the molecule is Cc1ccc(C(C=O)N(C)C(=O)OC(C)(C)C)nc1. The molecular formula is C14H20N2O3. The molecule has 5 nitrogen and oxygen atoms in total. The first kappa shape index (κ1) is 15.1. The van der Waals surface area contributed by atoms with E-state index in [1.54, 1.807) is 33.0 Å². The Bertz CT molecular complexity index is 449. The Morgan fingerprint density at radius 2 is 2.05 bits per heavy atom. The third kappa shape index (κ3) is 4.35. The van der Waals surface area contributed by atoms with Gasteiger partial charge in [-0.25, -0.2) is 4.79 Å². The van der Waals surface area contributed by atoms with Gasteiger partial charge < -0.3 is 9.53 Å². The lowest BCUT2D eigenvalue weighted by molar-refractivity contribution is -0.112. The van der Waals surface area contributed by atoms with Crippen LogP contribution in [0.4, 0.5) is 4.79 Å². The number of aldehydes is 1. The van der Waals surface area contributed by atoms with Gasteiger partial charge in [-0.15, -0.1) is 0 Å². The smallest absolute Gasteiger partial charge is 0.410 e. The molecule has 0 fully saturated rings. The predicted molar refractivity (Wildman–Crippen MR) is 71.8 cm³/mol. The second-order valence-corrected chi connectivity index (χ2v) is 5.43. The highest BCUT2D eigenvalue weighted by molar-refractivity contribution is 5.74. The summed E-state index contributed by atoms with van der Waals surface area (Å²) in [7, 11) is 1.52. The molecule has 1 unspecified atom stereocenters. The third-order valence-corrected chi connectivity index (χ3v) is 2.46. The second-order valence-electron chi connectivity index (χ2n) is 5.43. The first-order valence-corrected chi connectivity index (χ1v) is 6.08. The van der Waals surface area contributed by atoms with E-state index in [2.05, 4.69) is 4.98 Å². The van der Waals surface area contributed by atoms with Gasteiger partial charge in [0.2, 0.25) is 0 Å².